The number of anilines is 3. The van der Waals surface area contributed by atoms with Gasteiger partial charge in [-0.2, -0.15) is 23.3 Å². The minimum absolute atomic E-state index is 0.0227. The normalized spacial score (nSPS) is 27.6. The van der Waals surface area contributed by atoms with E-state index in [0.717, 1.165) is 31.6 Å². The zero-order chi connectivity index (χ0) is 30.8. The molecule has 3 saturated heterocycles. The van der Waals surface area contributed by atoms with E-state index in [-0.39, 0.29) is 30.4 Å². The first-order valence-corrected chi connectivity index (χ1v) is 14.9. The molecule has 16 heteroatoms. The largest absolute Gasteiger partial charge is 0.417 e. The van der Waals surface area contributed by atoms with Crippen LogP contribution in [-0.4, -0.2) is 126 Å². The fourth-order valence-corrected chi connectivity index (χ4v) is 6.96. The average molecular weight is 617 g/mol. The summed E-state index contributed by atoms with van der Waals surface area (Å²) in [4.78, 5) is 38.6. The van der Waals surface area contributed by atoms with Gasteiger partial charge in [0.05, 0.1) is 17.6 Å². The molecule has 3 aromatic rings. The van der Waals surface area contributed by atoms with Gasteiger partial charge in [-0.25, -0.2) is 4.52 Å². The molecule has 2 amide bonds. The van der Waals surface area contributed by atoms with Gasteiger partial charge in [-0.3, -0.25) is 14.3 Å². The molecule has 7 rings (SSSR count). The molecule has 0 spiro atoms. The van der Waals surface area contributed by atoms with Crippen LogP contribution >= 0.6 is 0 Å². The van der Waals surface area contributed by atoms with Crippen molar-refractivity contribution >= 4 is 34.8 Å². The van der Waals surface area contributed by atoms with Crippen molar-refractivity contribution in [2.45, 2.75) is 56.1 Å². The molecule has 2 bridgehead atoms. The van der Waals surface area contributed by atoms with Crippen molar-refractivity contribution < 1.29 is 27.9 Å². The maximum Gasteiger partial charge on any atom is 0.417 e. The van der Waals surface area contributed by atoms with E-state index in [1.165, 1.54) is 0 Å². The molecule has 2 N–H and O–H groups in total. The summed E-state index contributed by atoms with van der Waals surface area (Å²) in [7, 11) is 2.04. The Bertz CT molecular complexity index is 1550. The zero-order valence-electron chi connectivity index (χ0n) is 24.3. The first kappa shape index (κ1) is 28.8. The van der Waals surface area contributed by atoms with Crippen LogP contribution in [0.15, 0.2) is 30.7 Å². The van der Waals surface area contributed by atoms with E-state index in [4.69, 9.17) is 4.98 Å². The number of likely N-dealkylation sites (N-methyl/N-ethyl adjacent to an activating group) is 1. The van der Waals surface area contributed by atoms with Crippen molar-refractivity contribution in [1.29, 1.82) is 0 Å². The van der Waals surface area contributed by atoms with Gasteiger partial charge in [0.25, 0.3) is 0 Å². The minimum Gasteiger partial charge on any atom is -0.380 e. The highest BCUT2D eigenvalue weighted by Gasteiger charge is 2.63. The summed E-state index contributed by atoms with van der Waals surface area (Å²) in [5, 5.41) is 21.9. The van der Waals surface area contributed by atoms with E-state index >= 15 is 0 Å². The monoisotopic (exact) mass is 616 g/mol. The number of nitrogens with one attached hydrogen (secondary N) is 1. The van der Waals surface area contributed by atoms with E-state index in [0.29, 0.717) is 43.5 Å². The van der Waals surface area contributed by atoms with Gasteiger partial charge >= 0.3 is 6.18 Å². The van der Waals surface area contributed by atoms with Crippen molar-refractivity contribution in [2.75, 3.05) is 56.5 Å². The first-order chi connectivity index (χ1) is 21.0. The fourth-order valence-electron chi connectivity index (χ4n) is 6.96. The second-order valence-electron chi connectivity index (χ2n) is 12.5. The summed E-state index contributed by atoms with van der Waals surface area (Å²) in [5.74, 6) is -0.709. The minimum atomic E-state index is -4.73. The van der Waals surface area contributed by atoms with Crippen LogP contribution in [0.2, 0.25) is 0 Å². The summed E-state index contributed by atoms with van der Waals surface area (Å²) in [5.41, 5.74) is -0.641. The SMILES string of the molecule is CN1CCN(C(=O)Cn2cc(Nc3nc4c(N5CC6CCC(C5)N6C(=O)C5CC(O)(C(F)(F)F)C5)cccn4n3)cn2)CC1. The Morgan fingerprint density at radius 3 is 2.50 bits per heavy atom. The first-order valence-electron chi connectivity index (χ1n) is 14.9. The van der Waals surface area contributed by atoms with Crippen LogP contribution in [0.5, 0.6) is 0 Å². The maximum absolute atomic E-state index is 13.2. The van der Waals surface area contributed by atoms with Gasteiger partial charge in [-0.1, -0.05) is 0 Å². The van der Waals surface area contributed by atoms with Gasteiger partial charge in [-0.05, 0) is 44.9 Å². The second kappa shape index (κ2) is 10.6. The Morgan fingerprint density at radius 1 is 1.11 bits per heavy atom. The summed E-state index contributed by atoms with van der Waals surface area (Å²) in [6.07, 6.45) is 0.824. The Kier molecular flexibility index (Phi) is 6.95. The Hall–Kier alpha value is -3.92. The second-order valence-corrected chi connectivity index (χ2v) is 12.5. The van der Waals surface area contributed by atoms with Crippen LogP contribution in [0.4, 0.5) is 30.5 Å². The van der Waals surface area contributed by atoms with Crippen LogP contribution in [0.3, 0.4) is 0 Å². The Labute approximate surface area is 251 Å². The van der Waals surface area contributed by atoms with Gasteiger partial charge < -0.3 is 30.0 Å². The lowest BCUT2D eigenvalue weighted by Gasteiger charge is -2.48. The molecule has 2 atom stereocenters. The predicted octanol–water partition coefficient (Wildman–Crippen LogP) is 1.33. The average Bonchev–Trinajstić information content (AvgIpc) is 3.65. The van der Waals surface area contributed by atoms with Crippen molar-refractivity contribution in [3.8, 4) is 0 Å². The number of amides is 2. The highest BCUT2D eigenvalue weighted by atomic mass is 19.4. The smallest absolute Gasteiger partial charge is 0.380 e. The molecule has 2 unspecified atom stereocenters. The molecule has 6 heterocycles. The molecule has 1 aliphatic carbocycles. The van der Waals surface area contributed by atoms with Crippen LogP contribution in [-0.2, 0) is 16.1 Å². The maximum atomic E-state index is 13.2. The lowest BCUT2D eigenvalue weighted by atomic mass is 9.69. The van der Waals surface area contributed by atoms with Crippen LogP contribution in [0, 0.1) is 5.92 Å². The third-order valence-corrected chi connectivity index (χ3v) is 9.51. The molecule has 1 saturated carbocycles. The highest BCUT2D eigenvalue weighted by molar-refractivity contribution is 5.82. The van der Waals surface area contributed by atoms with Crippen LogP contribution in [0.25, 0.3) is 5.65 Å². The van der Waals surface area contributed by atoms with Crippen LogP contribution < -0.4 is 10.2 Å². The van der Waals surface area contributed by atoms with E-state index in [9.17, 15) is 27.9 Å². The number of fused-ring (bicyclic) bond motifs is 3. The molecule has 44 heavy (non-hydrogen) atoms. The van der Waals surface area contributed by atoms with Crippen molar-refractivity contribution in [2.24, 2.45) is 5.92 Å². The summed E-state index contributed by atoms with van der Waals surface area (Å²) in [6.45, 7) is 4.32. The van der Waals surface area contributed by atoms with E-state index in [1.807, 2.05) is 24.1 Å². The number of alkyl halides is 3. The summed E-state index contributed by atoms with van der Waals surface area (Å²) < 4.78 is 42.6. The molecule has 0 radical (unpaired) electrons. The zero-order valence-corrected chi connectivity index (χ0v) is 24.3. The molecular weight excluding hydrogens is 581 g/mol. The number of aromatic nitrogens is 5. The molecular formula is C28H35F3N10O3. The third-order valence-electron chi connectivity index (χ3n) is 9.51. The molecule has 0 aromatic carbocycles. The van der Waals surface area contributed by atoms with Gasteiger partial charge in [0.1, 0.15) is 6.54 Å². The number of piperazine rings is 2. The predicted molar refractivity (Wildman–Crippen MR) is 152 cm³/mol. The van der Waals surface area contributed by atoms with Crippen LogP contribution in [0.1, 0.15) is 25.7 Å². The van der Waals surface area contributed by atoms with Gasteiger partial charge in [0.15, 0.2) is 11.2 Å². The number of hydrogen-bond acceptors (Lipinski definition) is 9. The Morgan fingerprint density at radius 2 is 1.82 bits per heavy atom. The fraction of sp³-hybridized carbons (Fsp3) is 0.607. The molecule has 4 aliphatic rings. The van der Waals surface area contributed by atoms with Gasteiger partial charge in [0, 0.05) is 69.7 Å². The van der Waals surface area contributed by atoms with Crippen molar-refractivity contribution in [3.05, 3.63) is 30.7 Å². The van der Waals surface area contributed by atoms with Crippen molar-refractivity contribution in [1.82, 2.24) is 39.1 Å². The molecule has 3 aromatic heterocycles. The number of aliphatic hydroxyl groups is 1. The lowest BCUT2D eigenvalue weighted by Crippen LogP contribution is -2.63. The van der Waals surface area contributed by atoms with Gasteiger partial charge in [-0.15, -0.1) is 5.10 Å². The summed E-state index contributed by atoms with van der Waals surface area (Å²) >= 11 is 0. The van der Waals surface area contributed by atoms with Crippen molar-refractivity contribution in [3.63, 3.8) is 0 Å². The van der Waals surface area contributed by atoms with E-state index in [1.54, 1.807) is 32.7 Å². The molecule has 236 valence electrons. The molecule has 3 aliphatic heterocycles. The quantitative estimate of drug-likeness (QED) is 0.422. The molecule has 4 fully saturated rings. The number of carbonyl (C=O) groups is 2. The number of nitrogens with zero attached hydrogens (tertiary/aromatic N) is 9. The van der Waals surface area contributed by atoms with E-state index in [2.05, 4.69) is 25.3 Å². The molecule has 13 nitrogen and oxygen atoms in total. The number of hydrogen-bond donors (Lipinski definition) is 2. The standard InChI is InChI=1S/C28H35F3N10O3/c1-36-7-9-37(10-8-36)23(42)17-39-14-19(13-32-39)33-26-34-24-22(3-2-6-40(24)35-26)38-15-20-4-5-21(16-38)41(20)25(43)18-11-27(44,12-18)28(29,30)31/h2-3,6,13-14,18,20-21,44H,4-5,7-12,15-17H2,1H3,(H,33,35). The number of halogens is 3. The highest BCUT2D eigenvalue weighted by Crippen LogP contribution is 2.50. The third kappa shape index (κ3) is 5.12. The lowest BCUT2D eigenvalue weighted by molar-refractivity contribution is -0.297. The number of rotatable bonds is 6. The topological polar surface area (TPSA) is 127 Å². The Balaban J connectivity index is 1.00. The van der Waals surface area contributed by atoms with Gasteiger partial charge in [0.2, 0.25) is 17.8 Å². The number of carbonyl (C=O) groups excluding carboxylic acids is 2. The van der Waals surface area contributed by atoms with E-state index < -0.39 is 30.5 Å². The number of pyridine rings is 1. The summed E-state index contributed by atoms with van der Waals surface area (Å²) in [6, 6.07) is 3.57.